The molecule has 2 amide bonds. The molecule has 0 unspecified atom stereocenters. The zero-order chi connectivity index (χ0) is 11.9. The molecule has 0 spiro atoms. The molecule has 0 aromatic heterocycles. The zero-order valence-electron chi connectivity index (χ0n) is 9.93. The number of rotatable bonds is 7. The topological polar surface area (TPSA) is 72.2 Å². The van der Waals surface area contributed by atoms with Crippen LogP contribution in [0.1, 0.15) is 46.5 Å². The summed E-state index contributed by atoms with van der Waals surface area (Å²) >= 11 is 0. The number of primary amides is 1. The summed E-state index contributed by atoms with van der Waals surface area (Å²) < 4.78 is 0. The van der Waals surface area contributed by atoms with Crippen molar-refractivity contribution in [3.8, 4) is 0 Å². The van der Waals surface area contributed by atoms with Gasteiger partial charge in [-0.25, -0.2) is 4.79 Å². The van der Waals surface area contributed by atoms with Crippen LogP contribution in [0.3, 0.4) is 0 Å². The molecule has 3 N–H and O–H groups in total. The maximum absolute atomic E-state index is 11.7. The largest absolute Gasteiger partial charge is 0.352 e. The SMILES string of the molecule is CCC(C)(C)C(=O)CCCCNC(N)=O. The van der Waals surface area contributed by atoms with Gasteiger partial charge >= 0.3 is 6.03 Å². The van der Waals surface area contributed by atoms with Crippen molar-refractivity contribution in [1.29, 1.82) is 0 Å². The maximum Gasteiger partial charge on any atom is 0.312 e. The molecule has 4 heteroatoms. The molecule has 0 aliphatic carbocycles. The fourth-order valence-corrected chi connectivity index (χ4v) is 1.16. The number of hydrogen-bond donors (Lipinski definition) is 2. The van der Waals surface area contributed by atoms with Crippen LogP contribution in [0.4, 0.5) is 4.79 Å². The third-order valence-corrected chi connectivity index (χ3v) is 2.77. The predicted octanol–water partition coefficient (Wildman–Crippen LogP) is 1.83. The first-order valence-electron chi connectivity index (χ1n) is 5.46. The van der Waals surface area contributed by atoms with Gasteiger partial charge in [-0.3, -0.25) is 4.79 Å². The van der Waals surface area contributed by atoms with E-state index >= 15 is 0 Å². The normalized spacial score (nSPS) is 11.1. The number of hydrogen-bond acceptors (Lipinski definition) is 2. The summed E-state index contributed by atoms with van der Waals surface area (Å²) in [4.78, 5) is 22.0. The number of nitrogens with one attached hydrogen (secondary N) is 1. The molecule has 4 nitrogen and oxygen atoms in total. The van der Waals surface area contributed by atoms with Gasteiger partial charge in [-0.1, -0.05) is 20.8 Å². The van der Waals surface area contributed by atoms with Gasteiger partial charge in [0.1, 0.15) is 5.78 Å². The standard InChI is InChI=1S/C11H22N2O2/c1-4-11(2,3)9(14)7-5-6-8-13-10(12)15/h4-8H2,1-3H3,(H3,12,13,15). The van der Waals surface area contributed by atoms with E-state index in [1.807, 2.05) is 20.8 Å². The lowest BCUT2D eigenvalue weighted by molar-refractivity contribution is -0.127. The number of nitrogens with two attached hydrogens (primary N) is 1. The number of urea groups is 1. The summed E-state index contributed by atoms with van der Waals surface area (Å²) in [6.45, 7) is 6.51. The Morgan fingerprint density at radius 3 is 2.33 bits per heavy atom. The molecular formula is C11H22N2O2. The molecule has 0 rings (SSSR count). The number of amides is 2. The average Bonchev–Trinajstić information content (AvgIpc) is 2.16. The highest BCUT2D eigenvalue weighted by atomic mass is 16.2. The summed E-state index contributed by atoms with van der Waals surface area (Å²) in [5.41, 5.74) is 4.70. The Balaban J connectivity index is 3.60. The predicted molar refractivity (Wildman–Crippen MR) is 60.5 cm³/mol. The summed E-state index contributed by atoms with van der Waals surface area (Å²) in [6, 6.07) is -0.504. The summed E-state index contributed by atoms with van der Waals surface area (Å²) in [7, 11) is 0. The van der Waals surface area contributed by atoms with Crippen molar-refractivity contribution >= 4 is 11.8 Å². The number of unbranched alkanes of at least 4 members (excludes halogenated alkanes) is 1. The van der Waals surface area contributed by atoms with Crippen molar-refractivity contribution in [3.05, 3.63) is 0 Å². The molecule has 15 heavy (non-hydrogen) atoms. The van der Waals surface area contributed by atoms with E-state index in [-0.39, 0.29) is 5.41 Å². The third kappa shape index (κ3) is 6.10. The Kier molecular flexibility index (Phi) is 5.97. The van der Waals surface area contributed by atoms with Crippen molar-refractivity contribution in [2.24, 2.45) is 11.1 Å². The van der Waals surface area contributed by atoms with Crippen molar-refractivity contribution in [2.45, 2.75) is 46.5 Å². The number of Topliss-reactive ketones (excluding diaryl/α,β-unsaturated/α-hetero) is 1. The van der Waals surface area contributed by atoms with Crippen LogP contribution < -0.4 is 11.1 Å². The average molecular weight is 214 g/mol. The van der Waals surface area contributed by atoms with Crippen LogP contribution in [0, 0.1) is 5.41 Å². The molecule has 0 aromatic rings. The van der Waals surface area contributed by atoms with Crippen LogP contribution in [0.15, 0.2) is 0 Å². The van der Waals surface area contributed by atoms with Gasteiger partial charge < -0.3 is 11.1 Å². The first kappa shape index (κ1) is 13.9. The van der Waals surface area contributed by atoms with Gasteiger partial charge in [0.05, 0.1) is 0 Å². The van der Waals surface area contributed by atoms with Crippen molar-refractivity contribution in [2.75, 3.05) is 6.54 Å². The zero-order valence-corrected chi connectivity index (χ0v) is 9.93. The molecule has 0 aliphatic heterocycles. The summed E-state index contributed by atoms with van der Waals surface area (Å²) in [5.74, 6) is 0.295. The number of carbonyl (C=O) groups excluding carboxylic acids is 2. The second kappa shape index (κ2) is 6.43. The fraction of sp³-hybridized carbons (Fsp3) is 0.818. The Bertz CT molecular complexity index is 225. The van der Waals surface area contributed by atoms with Gasteiger partial charge in [0.25, 0.3) is 0 Å². The Morgan fingerprint density at radius 1 is 1.27 bits per heavy atom. The Labute approximate surface area is 91.6 Å². The van der Waals surface area contributed by atoms with E-state index in [1.165, 1.54) is 0 Å². The van der Waals surface area contributed by atoms with Crippen molar-refractivity contribution < 1.29 is 9.59 Å². The maximum atomic E-state index is 11.7. The van der Waals surface area contributed by atoms with Gasteiger partial charge in [-0.05, 0) is 19.3 Å². The van der Waals surface area contributed by atoms with E-state index in [9.17, 15) is 9.59 Å². The molecule has 0 aliphatic rings. The molecule has 88 valence electrons. The highest BCUT2D eigenvalue weighted by Gasteiger charge is 2.23. The molecule has 0 aromatic carbocycles. The minimum atomic E-state index is -0.504. The van der Waals surface area contributed by atoms with Gasteiger partial charge in [-0.15, -0.1) is 0 Å². The minimum Gasteiger partial charge on any atom is -0.352 e. The van der Waals surface area contributed by atoms with Crippen LogP contribution in [-0.2, 0) is 4.79 Å². The Morgan fingerprint density at radius 2 is 1.87 bits per heavy atom. The highest BCUT2D eigenvalue weighted by molar-refractivity contribution is 5.83. The van der Waals surface area contributed by atoms with E-state index in [0.29, 0.717) is 18.7 Å². The molecule has 0 heterocycles. The first-order chi connectivity index (χ1) is 6.90. The molecular weight excluding hydrogens is 192 g/mol. The van der Waals surface area contributed by atoms with Gasteiger partial charge in [0.15, 0.2) is 0 Å². The second-order valence-electron chi connectivity index (χ2n) is 4.41. The molecule has 0 bridgehead atoms. The number of ketones is 1. The van der Waals surface area contributed by atoms with Gasteiger partial charge in [-0.2, -0.15) is 0 Å². The lowest BCUT2D eigenvalue weighted by Gasteiger charge is -2.20. The smallest absolute Gasteiger partial charge is 0.312 e. The van der Waals surface area contributed by atoms with E-state index in [0.717, 1.165) is 19.3 Å². The van der Waals surface area contributed by atoms with Crippen molar-refractivity contribution in [1.82, 2.24) is 5.32 Å². The number of carbonyl (C=O) groups is 2. The monoisotopic (exact) mass is 214 g/mol. The van der Waals surface area contributed by atoms with E-state index in [2.05, 4.69) is 5.32 Å². The second-order valence-corrected chi connectivity index (χ2v) is 4.41. The van der Waals surface area contributed by atoms with Gasteiger partial charge in [0.2, 0.25) is 0 Å². The van der Waals surface area contributed by atoms with E-state index in [1.54, 1.807) is 0 Å². The summed E-state index contributed by atoms with van der Waals surface area (Å²) in [5, 5.41) is 2.50. The minimum absolute atomic E-state index is 0.211. The first-order valence-corrected chi connectivity index (χ1v) is 5.46. The highest BCUT2D eigenvalue weighted by Crippen LogP contribution is 2.23. The third-order valence-electron chi connectivity index (χ3n) is 2.77. The molecule has 0 saturated carbocycles. The fourth-order valence-electron chi connectivity index (χ4n) is 1.16. The van der Waals surface area contributed by atoms with Gasteiger partial charge in [0, 0.05) is 18.4 Å². The quantitative estimate of drug-likeness (QED) is 0.634. The van der Waals surface area contributed by atoms with Crippen molar-refractivity contribution in [3.63, 3.8) is 0 Å². The van der Waals surface area contributed by atoms with E-state index < -0.39 is 6.03 Å². The molecule has 0 atom stereocenters. The molecule has 0 fully saturated rings. The summed E-state index contributed by atoms with van der Waals surface area (Å²) in [6.07, 6.45) is 3.06. The lowest BCUT2D eigenvalue weighted by Crippen LogP contribution is -2.30. The van der Waals surface area contributed by atoms with Crippen LogP contribution in [0.2, 0.25) is 0 Å². The van der Waals surface area contributed by atoms with E-state index in [4.69, 9.17) is 5.73 Å². The molecule has 0 radical (unpaired) electrons. The van der Waals surface area contributed by atoms with Crippen LogP contribution >= 0.6 is 0 Å². The lowest BCUT2D eigenvalue weighted by atomic mass is 9.83. The van der Waals surface area contributed by atoms with Crippen LogP contribution in [0.25, 0.3) is 0 Å². The van der Waals surface area contributed by atoms with Crippen LogP contribution in [0.5, 0.6) is 0 Å². The molecule has 0 saturated heterocycles. The Hall–Kier alpha value is -1.06. The van der Waals surface area contributed by atoms with Crippen LogP contribution in [-0.4, -0.2) is 18.4 Å².